The Labute approximate surface area is 82.4 Å². The van der Waals surface area contributed by atoms with Crippen LogP contribution in [0.3, 0.4) is 0 Å². The maximum absolute atomic E-state index is 11.1. The predicted molar refractivity (Wildman–Crippen MR) is 49.9 cm³/mol. The van der Waals surface area contributed by atoms with Crippen LogP contribution in [-0.4, -0.2) is 20.2 Å². The van der Waals surface area contributed by atoms with E-state index in [1.807, 2.05) is 0 Å². The first kappa shape index (κ1) is 9.54. The first-order valence-corrected chi connectivity index (χ1v) is 4.71. The van der Waals surface area contributed by atoms with Crippen molar-refractivity contribution in [1.29, 1.82) is 0 Å². The van der Waals surface area contributed by atoms with Gasteiger partial charge in [0.1, 0.15) is 4.88 Å². The predicted octanol–water partition coefficient (Wildman–Crippen LogP) is 2.31. The van der Waals surface area contributed by atoms with Gasteiger partial charge in [-0.3, -0.25) is 0 Å². The Morgan fingerprint density at radius 3 is 2.67 bits per heavy atom. The number of thiophene rings is 1. The summed E-state index contributed by atoms with van der Waals surface area (Å²) in [7, 11) is 2.90. The summed E-state index contributed by atoms with van der Waals surface area (Å²) in [5.41, 5.74) is 0. The zero-order chi connectivity index (χ0) is 9.14. The van der Waals surface area contributed by atoms with Gasteiger partial charge in [0.25, 0.3) is 0 Å². The number of carbonyl (C=O) groups is 1. The third-order valence-electron chi connectivity index (χ3n) is 1.24. The summed E-state index contributed by atoms with van der Waals surface area (Å²) in [5.74, 6) is -0.352. The molecule has 1 aromatic rings. The third-order valence-corrected chi connectivity index (χ3v) is 3.20. The second-order valence-electron chi connectivity index (χ2n) is 1.94. The van der Waals surface area contributed by atoms with Gasteiger partial charge in [0.15, 0.2) is 5.06 Å². The van der Waals surface area contributed by atoms with Gasteiger partial charge in [0.05, 0.1) is 14.2 Å². The van der Waals surface area contributed by atoms with E-state index in [0.717, 1.165) is 0 Å². The van der Waals surface area contributed by atoms with Crippen LogP contribution >= 0.6 is 27.3 Å². The second-order valence-corrected chi connectivity index (χ2v) is 3.81. The molecule has 0 radical (unpaired) electrons. The van der Waals surface area contributed by atoms with E-state index in [1.165, 1.54) is 18.4 Å². The molecule has 66 valence electrons. The highest BCUT2D eigenvalue weighted by Crippen LogP contribution is 2.33. The van der Waals surface area contributed by atoms with Crippen molar-refractivity contribution in [3.63, 3.8) is 0 Å². The average Bonchev–Trinajstić information content (AvgIpc) is 2.45. The van der Waals surface area contributed by atoms with E-state index in [2.05, 4.69) is 20.7 Å². The van der Waals surface area contributed by atoms with E-state index in [9.17, 15) is 4.79 Å². The lowest BCUT2D eigenvalue weighted by atomic mass is 10.5. The lowest BCUT2D eigenvalue weighted by Gasteiger charge is -1.93. The van der Waals surface area contributed by atoms with Gasteiger partial charge >= 0.3 is 5.97 Å². The summed E-state index contributed by atoms with van der Waals surface area (Å²) < 4.78 is 10.2. The summed E-state index contributed by atoms with van der Waals surface area (Å²) in [6.07, 6.45) is 0. The summed E-state index contributed by atoms with van der Waals surface area (Å²) in [6, 6.07) is 1.73. The molecule has 0 aliphatic rings. The zero-order valence-electron chi connectivity index (χ0n) is 6.59. The van der Waals surface area contributed by atoms with Crippen LogP contribution in [0, 0.1) is 0 Å². The highest BCUT2D eigenvalue weighted by molar-refractivity contribution is 9.10. The minimum Gasteiger partial charge on any atom is -0.487 e. The Bertz CT molecular complexity index is 295. The molecule has 0 unspecified atom stereocenters. The minimum atomic E-state index is -0.352. The molecule has 5 heteroatoms. The fourth-order valence-electron chi connectivity index (χ4n) is 0.680. The molecule has 12 heavy (non-hydrogen) atoms. The third kappa shape index (κ3) is 1.78. The van der Waals surface area contributed by atoms with Crippen molar-refractivity contribution >= 4 is 33.2 Å². The molecule has 0 saturated heterocycles. The molecule has 0 aromatic carbocycles. The van der Waals surface area contributed by atoms with E-state index in [1.54, 1.807) is 13.2 Å². The van der Waals surface area contributed by atoms with Crippen molar-refractivity contribution in [2.45, 2.75) is 0 Å². The first-order valence-electron chi connectivity index (χ1n) is 3.10. The van der Waals surface area contributed by atoms with Crippen molar-refractivity contribution in [2.24, 2.45) is 0 Å². The lowest BCUT2D eigenvalue weighted by Crippen LogP contribution is -1.97. The molecular formula is C7H7BrO3S. The van der Waals surface area contributed by atoms with Crippen molar-refractivity contribution in [2.75, 3.05) is 14.2 Å². The Kier molecular flexibility index (Phi) is 3.11. The highest BCUT2D eigenvalue weighted by atomic mass is 79.9. The molecule has 0 bridgehead atoms. The van der Waals surface area contributed by atoms with Gasteiger partial charge < -0.3 is 9.47 Å². The summed E-state index contributed by atoms with van der Waals surface area (Å²) in [6.45, 7) is 0. The molecule has 0 saturated carbocycles. The molecule has 0 spiro atoms. The fourth-order valence-corrected chi connectivity index (χ4v) is 2.23. The zero-order valence-corrected chi connectivity index (χ0v) is 8.99. The van der Waals surface area contributed by atoms with Gasteiger partial charge in [0.2, 0.25) is 0 Å². The molecular weight excluding hydrogens is 244 g/mol. The smallest absolute Gasteiger partial charge is 0.349 e. The van der Waals surface area contributed by atoms with Crippen LogP contribution in [0.2, 0.25) is 0 Å². The molecule has 0 atom stereocenters. The quantitative estimate of drug-likeness (QED) is 0.756. The summed E-state index contributed by atoms with van der Waals surface area (Å²) in [5, 5.41) is 0.683. The number of esters is 1. The van der Waals surface area contributed by atoms with Gasteiger partial charge in [-0.15, -0.1) is 0 Å². The van der Waals surface area contributed by atoms with Crippen LogP contribution in [0.25, 0.3) is 0 Å². The number of ether oxygens (including phenoxy) is 2. The van der Waals surface area contributed by atoms with E-state index in [-0.39, 0.29) is 5.97 Å². The molecule has 1 rings (SSSR count). The van der Waals surface area contributed by atoms with E-state index < -0.39 is 0 Å². The maximum atomic E-state index is 11.1. The van der Waals surface area contributed by atoms with Crippen LogP contribution < -0.4 is 4.74 Å². The van der Waals surface area contributed by atoms with Crippen LogP contribution in [-0.2, 0) is 4.74 Å². The van der Waals surface area contributed by atoms with E-state index in [0.29, 0.717) is 14.4 Å². The summed E-state index contributed by atoms with van der Waals surface area (Å²) in [4.78, 5) is 11.6. The van der Waals surface area contributed by atoms with Crippen LogP contribution in [0.1, 0.15) is 9.67 Å². The molecule has 3 nitrogen and oxygen atoms in total. The Hall–Kier alpha value is -0.550. The first-order chi connectivity index (χ1) is 5.69. The number of rotatable bonds is 2. The van der Waals surface area contributed by atoms with Gasteiger partial charge in [-0.1, -0.05) is 11.3 Å². The standard InChI is InChI=1S/C7H7BrO3S/c1-10-5-3-4(8)6(12-5)7(9)11-2/h3H,1-2H3. The van der Waals surface area contributed by atoms with Crippen LogP contribution in [0.4, 0.5) is 0 Å². The second kappa shape index (κ2) is 3.91. The Morgan fingerprint density at radius 1 is 1.58 bits per heavy atom. The normalized spacial score (nSPS) is 9.58. The largest absolute Gasteiger partial charge is 0.487 e. The van der Waals surface area contributed by atoms with Gasteiger partial charge in [-0.05, 0) is 15.9 Å². The molecule has 0 aliphatic carbocycles. The van der Waals surface area contributed by atoms with Crippen molar-refractivity contribution < 1.29 is 14.3 Å². The average molecular weight is 251 g/mol. The highest BCUT2D eigenvalue weighted by Gasteiger charge is 2.14. The topological polar surface area (TPSA) is 35.5 Å². The van der Waals surface area contributed by atoms with Crippen LogP contribution in [0.15, 0.2) is 10.5 Å². The molecule has 1 heterocycles. The van der Waals surface area contributed by atoms with Gasteiger partial charge in [-0.25, -0.2) is 4.79 Å². The van der Waals surface area contributed by atoms with Crippen LogP contribution in [0.5, 0.6) is 5.06 Å². The Morgan fingerprint density at radius 2 is 2.25 bits per heavy atom. The van der Waals surface area contributed by atoms with Crippen molar-refractivity contribution in [3.05, 3.63) is 15.4 Å². The van der Waals surface area contributed by atoms with E-state index in [4.69, 9.17) is 4.74 Å². The number of carbonyl (C=O) groups excluding carboxylic acids is 1. The van der Waals surface area contributed by atoms with Crippen molar-refractivity contribution in [3.8, 4) is 5.06 Å². The SMILES string of the molecule is COC(=O)c1sc(OC)cc1Br. The number of hydrogen-bond acceptors (Lipinski definition) is 4. The van der Waals surface area contributed by atoms with Gasteiger partial charge in [0, 0.05) is 10.5 Å². The lowest BCUT2D eigenvalue weighted by molar-refractivity contribution is 0.0605. The number of hydrogen-bond donors (Lipinski definition) is 0. The summed E-state index contributed by atoms with van der Waals surface area (Å²) >= 11 is 4.48. The Balaban J connectivity index is 2.99. The molecule has 1 aromatic heterocycles. The number of methoxy groups -OCH3 is 2. The molecule has 0 N–H and O–H groups in total. The van der Waals surface area contributed by atoms with E-state index >= 15 is 0 Å². The monoisotopic (exact) mass is 250 g/mol. The minimum absolute atomic E-state index is 0.352. The molecule has 0 amide bonds. The van der Waals surface area contributed by atoms with Gasteiger partial charge in [-0.2, -0.15) is 0 Å². The molecule has 0 aliphatic heterocycles. The molecule has 0 fully saturated rings. The maximum Gasteiger partial charge on any atom is 0.349 e. The van der Waals surface area contributed by atoms with Crippen molar-refractivity contribution in [1.82, 2.24) is 0 Å². The number of halogens is 1. The fraction of sp³-hybridized carbons (Fsp3) is 0.286.